The van der Waals surface area contributed by atoms with Gasteiger partial charge in [0.25, 0.3) is 0 Å². The summed E-state index contributed by atoms with van der Waals surface area (Å²) in [4.78, 5) is 12.9. The van der Waals surface area contributed by atoms with Gasteiger partial charge in [0.05, 0.1) is 25.4 Å². The van der Waals surface area contributed by atoms with E-state index in [4.69, 9.17) is 9.47 Å². The standard InChI is InChI=1S/C47H85NO8/c1-3-5-7-9-11-13-15-17-19-21-23-25-27-29-31-33-35-37-43(51)48-40(39-55-47-46(54)45(53)44(52)42(38-49)56-47)41(50)36-34-32-30-28-26-24-22-20-18-16-14-12-10-8-6-4-2/h11,13,17,19,26,28,34,36,40-42,44-47,49-50,52-54H,3-10,12,14-16,18,20-25,27,29-33,35,37-39H2,1-2H3,(H,48,51)/b13-11-,19-17-,28-26+,36-34+. The highest BCUT2D eigenvalue weighted by Gasteiger charge is 2.44. The zero-order valence-electron chi connectivity index (χ0n) is 35.6. The third-order valence-corrected chi connectivity index (χ3v) is 10.6. The van der Waals surface area contributed by atoms with Crippen LogP contribution in [0.1, 0.15) is 187 Å². The monoisotopic (exact) mass is 792 g/mol. The number of allylic oxidation sites excluding steroid dienone is 7. The zero-order chi connectivity index (χ0) is 40.9. The Labute approximate surface area is 342 Å². The van der Waals surface area contributed by atoms with Gasteiger partial charge in [-0.3, -0.25) is 4.79 Å². The second kappa shape index (κ2) is 37.4. The van der Waals surface area contributed by atoms with Crippen LogP contribution in [0.2, 0.25) is 0 Å². The molecule has 9 heteroatoms. The molecule has 0 aromatic carbocycles. The van der Waals surface area contributed by atoms with E-state index >= 15 is 0 Å². The summed E-state index contributed by atoms with van der Waals surface area (Å²) in [5, 5.41) is 54.1. The smallest absolute Gasteiger partial charge is 0.220 e. The third-order valence-electron chi connectivity index (χ3n) is 10.6. The molecule has 326 valence electrons. The van der Waals surface area contributed by atoms with Gasteiger partial charge < -0.3 is 40.3 Å². The molecule has 6 N–H and O–H groups in total. The summed E-state index contributed by atoms with van der Waals surface area (Å²) >= 11 is 0. The average Bonchev–Trinajstić information content (AvgIpc) is 3.20. The van der Waals surface area contributed by atoms with E-state index in [1.165, 1.54) is 109 Å². The van der Waals surface area contributed by atoms with E-state index in [-0.39, 0.29) is 12.5 Å². The molecule has 56 heavy (non-hydrogen) atoms. The van der Waals surface area contributed by atoms with Gasteiger partial charge in [0.15, 0.2) is 6.29 Å². The van der Waals surface area contributed by atoms with Crippen LogP contribution in [0.25, 0.3) is 0 Å². The molecule has 0 aliphatic carbocycles. The van der Waals surface area contributed by atoms with Crippen molar-refractivity contribution in [3.63, 3.8) is 0 Å². The van der Waals surface area contributed by atoms with Gasteiger partial charge >= 0.3 is 0 Å². The minimum atomic E-state index is -1.57. The van der Waals surface area contributed by atoms with Crippen LogP contribution in [0.5, 0.6) is 0 Å². The number of hydrogen-bond acceptors (Lipinski definition) is 8. The first-order valence-electron chi connectivity index (χ1n) is 22.9. The number of unbranched alkanes of at least 4 members (excludes halogenated alkanes) is 21. The molecule has 1 heterocycles. The maximum Gasteiger partial charge on any atom is 0.220 e. The molecule has 1 aliphatic rings. The lowest BCUT2D eigenvalue weighted by Gasteiger charge is -2.40. The summed E-state index contributed by atoms with van der Waals surface area (Å²) in [5.41, 5.74) is 0. The molecule has 1 rings (SSSR count). The van der Waals surface area contributed by atoms with E-state index in [1.807, 2.05) is 6.08 Å². The molecular weight excluding hydrogens is 707 g/mol. The Hall–Kier alpha value is -1.85. The highest BCUT2D eigenvalue weighted by molar-refractivity contribution is 5.76. The Morgan fingerprint density at radius 3 is 1.64 bits per heavy atom. The minimum absolute atomic E-state index is 0.197. The summed E-state index contributed by atoms with van der Waals surface area (Å²) in [6, 6.07) is -0.825. The highest BCUT2D eigenvalue weighted by atomic mass is 16.7. The lowest BCUT2D eigenvalue weighted by molar-refractivity contribution is -0.302. The number of ether oxygens (including phenoxy) is 2. The summed E-state index contributed by atoms with van der Waals surface area (Å²) in [7, 11) is 0. The van der Waals surface area contributed by atoms with E-state index in [9.17, 15) is 30.3 Å². The Bertz CT molecular complexity index is 1010. The summed E-state index contributed by atoms with van der Waals surface area (Å²) in [5.74, 6) is -0.197. The Balaban J connectivity index is 2.40. The highest BCUT2D eigenvalue weighted by Crippen LogP contribution is 2.22. The normalized spacial score (nSPS) is 21.6. The van der Waals surface area contributed by atoms with Crippen molar-refractivity contribution in [3.05, 3.63) is 48.6 Å². The SMILES string of the molecule is CCCCC/C=C\C/C=C\CCCCCCCCCC(=O)NC(COC1OC(CO)C(O)C(O)C1O)C(O)/C=C/CC/C=C/CCCCCCCCCCCC. The number of carbonyl (C=O) groups is 1. The van der Waals surface area contributed by atoms with Crippen LogP contribution in [0.3, 0.4) is 0 Å². The van der Waals surface area contributed by atoms with Crippen molar-refractivity contribution in [2.24, 2.45) is 0 Å². The van der Waals surface area contributed by atoms with Gasteiger partial charge in [-0.25, -0.2) is 0 Å². The van der Waals surface area contributed by atoms with Gasteiger partial charge in [0.1, 0.15) is 24.4 Å². The van der Waals surface area contributed by atoms with E-state index in [2.05, 4.69) is 55.6 Å². The molecule has 9 nitrogen and oxygen atoms in total. The summed E-state index contributed by atoms with van der Waals surface area (Å²) in [6.45, 7) is 3.71. The second-order valence-corrected chi connectivity index (χ2v) is 15.8. The number of aliphatic hydroxyl groups is 5. The molecular formula is C47H85NO8. The van der Waals surface area contributed by atoms with Gasteiger partial charge in [-0.05, 0) is 64.2 Å². The van der Waals surface area contributed by atoms with Crippen LogP contribution in [0, 0.1) is 0 Å². The van der Waals surface area contributed by atoms with Crippen molar-refractivity contribution < 1.29 is 39.8 Å². The molecule has 0 saturated carbocycles. The molecule has 1 aliphatic heterocycles. The average molecular weight is 792 g/mol. The van der Waals surface area contributed by atoms with E-state index in [1.54, 1.807) is 6.08 Å². The summed E-state index contributed by atoms with van der Waals surface area (Å²) < 4.78 is 11.2. The lowest BCUT2D eigenvalue weighted by atomic mass is 9.99. The molecule has 0 spiro atoms. The van der Waals surface area contributed by atoms with E-state index < -0.39 is 49.5 Å². The van der Waals surface area contributed by atoms with Crippen molar-refractivity contribution in [2.75, 3.05) is 13.2 Å². The first kappa shape index (κ1) is 52.2. The predicted octanol–water partition coefficient (Wildman–Crippen LogP) is 9.45. The van der Waals surface area contributed by atoms with Crippen molar-refractivity contribution >= 4 is 5.91 Å². The molecule has 7 atom stereocenters. The third kappa shape index (κ3) is 27.7. The number of rotatable bonds is 37. The number of hydrogen-bond donors (Lipinski definition) is 6. The molecule has 7 unspecified atom stereocenters. The molecule has 0 aromatic rings. The fourth-order valence-electron chi connectivity index (χ4n) is 6.91. The van der Waals surface area contributed by atoms with Gasteiger partial charge in [0.2, 0.25) is 5.91 Å². The van der Waals surface area contributed by atoms with E-state index in [0.29, 0.717) is 6.42 Å². The quantitative estimate of drug-likeness (QED) is 0.0269. The molecule has 0 radical (unpaired) electrons. The maximum absolute atomic E-state index is 12.9. The fraction of sp³-hybridized carbons (Fsp3) is 0.809. The van der Waals surface area contributed by atoms with Gasteiger partial charge in [0, 0.05) is 6.42 Å². The second-order valence-electron chi connectivity index (χ2n) is 15.8. The number of aliphatic hydroxyl groups excluding tert-OH is 5. The molecule has 1 fully saturated rings. The number of amides is 1. The van der Waals surface area contributed by atoms with Crippen molar-refractivity contribution in [1.82, 2.24) is 5.32 Å². The molecule has 0 bridgehead atoms. The number of nitrogens with one attached hydrogen (secondary N) is 1. The van der Waals surface area contributed by atoms with Crippen LogP contribution in [-0.2, 0) is 14.3 Å². The van der Waals surface area contributed by atoms with Crippen LogP contribution >= 0.6 is 0 Å². The Morgan fingerprint density at radius 2 is 1.07 bits per heavy atom. The molecule has 0 aromatic heterocycles. The van der Waals surface area contributed by atoms with Crippen LogP contribution in [0.15, 0.2) is 48.6 Å². The van der Waals surface area contributed by atoms with Gasteiger partial charge in [-0.1, -0.05) is 165 Å². The number of carbonyl (C=O) groups excluding carboxylic acids is 1. The zero-order valence-corrected chi connectivity index (χ0v) is 35.6. The van der Waals surface area contributed by atoms with Crippen LogP contribution < -0.4 is 5.32 Å². The maximum atomic E-state index is 12.9. The van der Waals surface area contributed by atoms with Crippen molar-refractivity contribution in [2.45, 2.75) is 230 Å². The lowest BCUT2D eigenvalue weighted by Crippen LogP contribution is -2.60. The van der Waals surface area contributed by atoms with Gasteiger partial charge in [-0.15, -0.1) is 0 Å². The molecule has 1 amide bonds. The van der Waals surface area contributed by atoms with Crippen LogP contribution in [0.4, 0.5) is 0 Å². The van der Waals surface area contributed by atoms with Crippen molar-refractivity contribution in [3.8, 4) is 0 Å². The fourth-order valence-corrected chi connectivity index (χ4v) is 6.91. The molecule has 1 saturated heterocycles. The van der Waals surface area contributed by atoms with E-state index in [0.717, 1.165) is 57.8 Å². The Morgan fingerprint density at radius 1 is 0.607 bits per heavy atom. The predicted molar refractivity (Wildman–Crippen MR) is 230 cm³/mol. The summed E-state index contributed by atoms with van der Waals surface area (Å²) in [6.07, 6.45) is 40.0. The largest absolute Gasteiger partial charge is 0.394 e. The first-order valence-corrected chi connectivity index (χ1v) is 22.9. The van der Waals surface area contributed by atoms with Gasteiger partial charge in [-0.2, -0.15) is 0 Å². The van der Waals surface area contributed by atoms with Crippen molar-refractivity contribution in [1.29, 1.82) is 0 Å². The minimum Gasteiger partial charge on any atom is -0.394 e. The topological polar surface area (TPSA) is 149 Å². The Kier molecular flexibility index (Phi) is 34.9. The van der Waals surface area contributed by atoms with Crippen LogP contribution in [-0.4, -0.2) is 87.5 Å². The first-order chi connectivity index (χ1) is 27.3.